The van der Waals surface area contributed by atoms with Crippen LogP contribution in [-0.2, 0) is 16.0 Å². The van der Waals surface area contributed by atoms with Gasteiger partial charge in [0.05, 0.1) is 12.2 Å². The van der Waals surface area contributed by atoms with Crippen LogP contribution in [0.3, 0.4) is 0 Å². The maximum Gasteiger partial charge on any atom is 0.221 e. The zero-order valence-corrected chi connectivity index (χ0v) is 15.9. The molecule has 28 heavy (non-hydrogen) atoms. The molecule has 0 aliphatic carbocycles. The zero-order valence-electron chi connectivity index (χ0n) is 15.9. The summed E-state index contributed by atoms with van der Waals surface area (Å²) < 4.78 is 5.73. The Morgan fingerprint density at radius 3 is 2.64 bits per heavy atom. The van der Waals surface area contributed by atoms with Crippen LogP contribution in [0.1, 0.15) is 37.8 Å². The van der Waals surface area contributed by atoms with Crippen molar-refractivity contribution in [1.82, 2.24) is 10.3 Å². The van der Waals surface area contributed by atoms with Crippen molar-refractivity contribution in [3.8, 4) is 11.3 Å². The van der Waals surface area contributed by atoms with Crippen LogP contribution in [0.4, 0.5) is 5.69 Å². The molecule has 0 unspecified atom stereocenters. The molecule has 2 N–H and O–H groups in total. The predicted octanol–water partition coefficient (Wildman–Crippen LogP) is 4.11. The van der Waals surface area contributed by atoms with Gasteiger partial charge < -0.3 is 15.1 Å². The SMILES string of the molecule is CC(=O)Nc1cccc([C@@H](C)NC(=O)CCc2ncc(-c3ccccc3)o2)c1. The van der Waals surface area contributed by atoms with E-state index < -0.39 is 0 Å². The number of aromatic nitrogens is 1. The summed E-state index contributed by atoms with van der Waals surface area (Å²) in [5.74, 6) is 1.01. The lowest BCUT2D eigenvalue weighted by molar-refractivity contribution is -0.121. The highest BCUT2D eigenvalue weighted by Gasteiger charge is 2.12. The third kappa shape index (κ3) is 5.30. The van der Waals surface area contributed by atoms with Crippen LogP contribution in [-0.4, -0.2) is 16.8 Å². The number of anilines is 1. The van der Waals surface area contributed by atoms with Crippen molar-refractivity contribution in [3.63, 3.8) is 0 Å². The molecule has 1 aromatic heterocycles. The van der Waals surface area contributed by atoms with E-state index in [9.17, 15) is 9.59 Å². The van der Waals surface area contributed by atoms with Crippen LogP contribution in [0.15, 0.2) is 65.2 Å². The highest BCUT2D eigenvalue weighted by molar-refractivity contribution is 5.88. The van der Waals surface area contributed by atoms with E-state index in [2.05, 4.69) is 15.6 Å². The van der Waals surface area contributed by atoms with E-state index >= 15 is 0 Å². The smallest absolute Gasteiger partial charge is 0.221 e. The monoisotopic (exact) mass is 377 g/mol. The van der Waals surface area contributed by atoms with E-state index in [4.69, 9.17) is 4.42 Å². The first kappa shape index (κ1) is 19.4. The number of carbonyl (C=O) groups excluding carboxylic acids is 2. The van der Waals surface area contributed by atoms with E-state index in [1.165, 1.54) is 6.92 Å². The lowest BCUT2D eigenvalue weighted by atomic mass is 10.1. The average Bonchev–Trinajstić information content (AvgIpc) is 3.16. The fourth-order valence-electron chi connectivity index (χ4n) is 2.87. The molecule has 2 amide bonds. The van der Waals surface area contributed by atoms with Gasteiger partial charge in [-0.2, -0.15) is 0 Å². The second kappa shape index (κ2) is 8.99. The Morgan fingerprint density at radius 2 is 1.89 bits per heavy atom. The highest BCUT2D eigenvalue weighted by atomic mass is 16.4. The summed E-state index contributed by atoms with van der Waals surface area (Å²) in [4.78, 5) is 27.7. The minimum atomic E-state index is -0.175. The fourth-order valence-corrected chi connectivity index (χ4v) is 2.87. The van der Waals surface area contributed by atoms with E-state index in [1.54, 1.807) is 6.20 Å². The molecule has 1 atom stereocenters. The molecule has 0 aliphatic rings. The average molecular weight is 377 g/mol. The molecular weight excluding hydrogens is 354 g/mol. The van der Waals surface area contributed by atoms with Gasteiger partial charge in [-0.15, -0.1) is 0 Å². The summed E-state index contributed by atoms with van der Waals surface area (Å²) in [7, 11) is 0. The van der Waals surface area contributed by atoms with Gasteiger partial charge in [0.15, 0.2) is 11.7 Å². The molecule has 0 saturated carbocycles. The molecule has 0 saturated heterocycles. The lowest BCUT2D eigenvalue weighted by Gasteiger charge is -2.15. The van der Waals surface area contributed by atoms with Gasteiger partial charge in [-0.3, -0.25) is 9.59 Å². The molecule has 0 radical (unpaired) electrons. The van der Waals surface area contributed by atoms with Crippen LogP contribution in [0, 0.1) is 0 Å². The molecule has 2 aromatic carbocycles. The number of aryl methyl sites for hydroxylation is 1. The number of rotatable bonds is 7. The molecule has 6 heteroatoms. The standard InChI is InChI=1S/C22H23N3O3/c1-15(18-9-6-10-19(13-18)25-16(2)26)24-21(27)11-12-22-23-14-20(28-22)17-7-4-3-5-8-17/h3-10,13-15H,11-12H2,1-2H3,(H,24,27)(H,25,26)/t15-/m1/s1. The van der Waals surface area contributed by atoms with Crippen LogP contribution in [0.5, 0.6) is 0 Å². The van der Waals surface area contributed by atoms with Crippen LogP contribution in [0.2, 0.25) is 0 Å². The molecule has 0 fully saturated rings. The van der Waals surface area contributed by atoms with Gasteiger partial charge >= 0.3 is 0 Å². The normalized spacial score (nSPS) is 11.6. The maximum atomic E-state index is 12.3. The molecule has 144 valence electrons. The van der Waals surface area contributed by atoms with E-state index in [1.807, 2.05) is 61.5 Å². The second-order valence-electron chi connectivity index (χ2n) is 6.58. The van der Waals surface area contributed by atoms with Crippen molar-refractivity contribution >= 4 is 17.5 Å². The number of nitrogens with zero attached hydrogens (tertiary/aromatic N) is 1. The molecule has 6 nitrogen and oxygen atoms in total. The fraction of sp³-hybridized carbons (Fsp3) is 0.227. The summed E-state index contributed by atoms with van der Waals surface area (Å²) in [6.07, 6.45) is 2.39. The first-order valence-electron chi connectivity index (χ1n) is 9.18. The minimum absolute atomic E-state index is 0.0862. The summed E-state index contributed by atoms with van der Waals surface area (Å²) >= 11 is 0. The molecule has 0 spiro atoms. The molecule has 3 aromatic rings. The maximum absolute atomic E-state index is 12.3. The molecule has 0 aliphatic heterocycles. The van der Waals surface area contributed by atoms with Gasteiger partial charge in [-0.25, -0.2) is 4.98 Å². The quantitative estimate of drug-likeness (QED) is 0.649. The van der Waals surface area contributed by atoms with E-state index in [0.717, 1.165) is 11.1 Å². The van der Waals surface area contributed by atoms with Gasteiger partial charge in [0.2, 0.25) is 11.8 Å². The van der Waals surface area contributed by atoms with E-state index in [0.29, 0.717) is 23.8 Å². The molecule has 1 heterocycles. The summed E-state index contributed by atoms with van der Waals surface area (Å²) in [6, 6.07) is 17.0. The largest absolute Gasteiger partial charge is 0.441 e. The van der Waals surface area contributed by atoms with Crippen molar-refractivity contribution < 1.29 is 14.0 Å². The second-order valence-corrected chi connectivity index (χ2v) is 6.58. The third-order valence-electron chi connectivity index (χ3n) is 4.26. The highest BCUT2D eigenvalue weighted by Crippen LogP contribution is 2.21. The Hall–Kier alpha value is -3.41. The Kier molecular flexibility index (Phi) is 6.22. The first-order chi connectivity index (χ1) is 13.5. The Bertz CT molecular complexity index is 950. The van der Waals surface area contributed by atoms with Gasteiger partial charge in [0, 0.05) is 31.0 Å². The summed E-state index contributed by atoms with van der Waals surface area (Å²) in [5.41, 5.74) is 2.58. The van der Waals surface area contributed by atoms with Gasteiger partial charge in [0.1, 0.15) is 0 Å². The number of carbonyl (C=O) groups is 2. The van der Waals surface area contributed by atoms with Crippen molar-refractivity contribution in [1.29, 1.82) is 0 Å². The minimum Gasteiger partial charge on any atom is -0.441 e. The van der Waals surface area contributed by atoms with Gasteiger partial charge in [-0.05, 0) is 24.6 Å². The van der Waals surface area contributed by atoms with Crippen LogP contribution in [0.25, 0.3) is 11.3 Å². The molecule has 3 rings (SSSR count). The first-order valence-corrected chi connectivity index (χ1v) is 9.18. The van der Waals surface area contributed by atoms with Crippen molar-refractivity contribution in [2.24, 2.45) is 0 Å². The number of hydrogen-bond donors (Lipinski definition) is 2. The number of nitrogens with one attached hydrogen (secondary N) is 2. The number of hydrogen-bond acceptors (Lipinski definition) is 4. The van der Waals surface area contributed by atoms with Crippen LogP contribution >= 0.6 is 0 Å². The van der Waals surface area contributed by atoms with E-state index in [-0.39, 0.29) is 24.3 Å². The number of benzene rings is 2. The Balaban J connectivity index is 1.53. The van der Waals surface area contributed by atoms with Gasteiger partial charge in [-0.1, -0.05) is 42.5 Å². The van der Waals surface area contributed by atoms with Crippen molar-refractivity contribution in [2.45, 2.75) is 32.7 Å². The molecular formula is C22H23N3O3. The predicted molar refractivity (Wildman–Crippen MR) is 108 cm³/mol. The number of amides is 2. The number of oxazole rings is 1. The Labute approximate surface area is 164 Å². The van der Waals surface area contributed by atoms with Gasteiger partial charge in [0.25, 0.3) is 0 Å². The topological polar surface area (TPSA) is 84.2 Å². The third-order valence-corrected chi connectivity index (χ3v) is 4.26. The van der Waals surface area contributed by atoms with Crippen molar-refractivity contribution in [2.75, 3.05) is 5.32 Å². The zero-order chi connectivity index (χ0) is 19.9. The molecule has 0 bridgehead atoms. The van der Waals surface area contributed by atoms with Crippen molar-refractivity contribution in [3.05, 3.63) is 72.2 Å². The summed E-state index contributed by atoms with van der Waals surface area (Å²) in [5, 5.41) is 5.71. The van der Waals surface area contributed by atoms with Crippen LogP contribution < -0.4 is 10.6 Å². The lowest BCUT2D eigenvalue weighted by Crippen LogP contribution is -2.26. The Morgan fingerprint density at radius 1 is 1.11 bits per heavy atom. The summed E-state index contributed by atoms with van der Waals surface area (Å²) in [6.45, 7) is 3.37.